The van der Waals surface area contributed by atoms with Gasteiger partial charge in [0.2, 0.25) is 0 Å². The van der Waals surface area contributed by atoms with Gasteiger partial charge in [-0.05, 0) is 73.3 Å². The van der Waals surface area contributed by atoms with Gasteiger partial charge < -0.3 is 9.47 Å². The molecule has 0 saturated heterocycles. The highest BCUT2D eigenvalue weighted by Crippen LogP contribution is 2.36. The molecule has 1 heterocycles. The highest BCUT2D eigenvalue weighted by Gasteiger charge is 2.25. The Bertz CT molecular complexity index is 982. The van der Waals surface area contributed by atoms with E-state index in [1.165, 1.54) is 0 Å². The minimum absolute atomic E-state index is 0.221. The van der Waals surface area contributed by atoms with E-state index in [4.69, 9.17) is 9.47 Å². The summed E-state index contributed by atoms with van der Waals surface area (Å²) in [7, 11) is -0.566. The van der Waals surface area contributed by atoms with Gasteiger partial charge in [0, 0.05) is 4.47 Å². The average Bonchev–Trinajstić information content (AvgIpc) is 3.06. The third-order valence-corrected chi connectivity index (χ3v) is 9.21. The van der Waals surface area contributed by atoms with E-state index in [1.54, 1.807) is 44.6 Å². The maximum atomic E-state index is 13.0. The van der Waals surface area contributed by atoms with E-state index in [9.17, 15) is 8.42 Å². The highest BCUT2D eigenvalue weighted by molar-refractivity contribution is 9.13. The fourth-order valence-electron chi connectivity index (χ4n) is 2.59. The van der Waals surface area contributed by atoms with Crippen LogP contribution >= 0.6 is 43.2 Å². The second-order valence-electron chi connectivity index (χ2n) is 5.79. The van der Waals surface area contributed by atoms with Crippen LogP contribution in [0.5, 0.6) is 11.5 Å². The zero-order valence-corrected chi connectivity index (χ0v) is 19.8. The molecular weight excluding hydrogens is 530 g/mol. The summed E-state index contributed by atoms with van der Waals surface area (Å²) in [5.74, 6) is 1.40. The molecule has 0 atom stereocenters. The number of nitrogens with one attached hydrogen (secondary N) is 1. The lowest BCUT2D eigenvalue weighted by molar-refractivity contribution is 0.414. The third kappa shape index (κ3) is 4.77. The van der Waals surface area contributed by atoms with Gasteiger partial charge in [0.05, 0.1) is 24.0 Å². The molecule has 2 aromatic carbocycles. The summed E-state index contributed by atoms with van der Waals surface area (Å²) >= 11 is 7.83. The first kappa shape index (κ1) is 21.3. The monoisotopic (exact) mass is 545 g/mol. The third-order valence-electron chi connectivity index (χ3n) is 4.06. The van der Waals surface area contributed by atoms with E-state index in [0.29, 0.717) is 16.0 Å². The largest absolute Gasteiger partial charge is 0.497 e. The summed E-state index contributed by atoms with van der Waals surface area (Å²) < 4.78 is 40.9. The predicted octanol–water partition coefficient (Wildman–Crippen LogP) is 5.36. The number of thiophene rings is 1. The van der Waals surface area contributed by atoms with Crippen LogP contribution in [-0.4, -0.2) is 22.6 Å². The molecule has 3 rings (SSSR count). The van der Waals surface area contributed by atoms with E-state index in [0.717, 1.165) is 26.3 Å². The molecule has 0 amide bonds. The lowest BCUT2D eigenvalue weighted by Gasteiger charge is -2.20. The highest BCUT2D eigenvalue weighted by atomic mass is 79.9. The van der Waals surface area contributed by atoms with Crippen LogP contribution < -0.4 is 14.2 Å². The van der Waals surface area contributed by atoms with Gasteiger partial charge in [-0.25, -0.2) is 8.42 Å². The Morgan fingerprint density at radius 1 is 0.893 bits per heavy atom. The summed E-state index contributed by atoms with van der Waals surface area (Å²) in [4.78, 5) is 0. The molecule has 9 heteroatoms. The fourth-order valence-corrected chi connectivity index (χ4v) is 6.64. The summed E-state index contributed by atoms with van der Waals surface area (Å²) in [5.41, 5.74) is 1.59. The van der Waals surface area contributed by atoms with Gasteiger partial charge in [0.1, 0.15) is 15.7 Å². The van der Waals surface area contributed by atoms with Crippen molar-refractivity contribution >= 4 is 53.2 Å². The maximum Gasteiger partial charge on any atom is 0.250 e. The lowest BCUT2D eigenvalue weighted by atomic mass is 9.99. The molecule has 0 aliphatic heterocycles. The summed E-state index contributed by atoms with van der Waals surface area (Å²) in [6, 6.07) is 15.6. The molecule has 148 valence electrons. The minimum atomic E-state index is -3.74. The van der Waals surface area contributed by atoms with Crippen molar-refractivity contribution in [3.8, 4) is 11.5 Å². The van der Waals surface area contributed by atoms with Crippen LogP contribution in [0, 0.1) is 0 Å². The minimum Gasteiger partial charge on any atom is -0.497 e. The molecule has 3 aromatic rings. The zero-order chi connectivity index (χ0) is 20.3. The molecule has 1 N–H and O–H groups in total. The number of ether oxygens (including phenoxy) is 2. The van der Waals surface area contributed by atoms with Crippen molar-refractivity contribution in [1.82, 2.24) is 4.72 Å². The van der Waals surface area contributed by atoms with Gasteiger partial charge in [0.15, 0.2) is 0 Å². The number of sulfonamides is 1. The molecule has 28 heavy (non-hydrogen) atoms. The number of rotatable bonds is 7. The Kier molecular flexibility index (Phi) is 6.82. The topological polar surface area (TPSA) is 64.6 Å². The van der Waals surface area contributed by atoms with Gasteiger partial charge in [-0.2, -0.15) is 4.72 Å². The van der Waals surface area contributed by atoms with Crippen LogP contribution in [0.1, 0.15) is 17.2 Å². The van der Waals surface area contributed by atoms with E-state index in [-0.39, 0.29) is 4.21 Å². The smallest absolute Gasteiger partial charge is 0.250 e. The first-order valence-electron chi connectivity index (χ1n) is 8.09. The van der Waals surface area contributed by atoms with Gasteiger partial charge in [0.25, 0.3) is 10.0 Å². The van der Waals surface area contributed by atoms with Crippen LogP contribution in [0.25, 0.3) is 0 Å². The fraction of sp³-hybridized carbons (Fsp3) is 0.158. The maximum absolute atomic E-state index is 13.0. The Morgan fingerprint density at radius 2 is 1.36 bits per heavy atom. The average molecular weight is 547 g/mol. The van der Waals surface area contributed by atoms with E-state index in [2.05, 4.69) is 36.6 Å². The Labute approximate surface area is 185 Å². The van der Waals surface area contributed by atoms with Crippen molar-refractivity contribution in [3.63, 3.8) is 0 Å². The number of halogens is 2. The second-order valence-corrected chi connectivity index (χ2v) is 11.0. The van der Waals surface area contributed by atoms with Crippen molar-refractivity contribution in [2.45, 2.75) is 10.3 Å². The van der Waals surface area contributed by atoms with Crippen LogP contribution in [0.15, 0.2) is 67.1 Å². The number of hydrogen-bond acceptors (Lipinski definition) is 5. The van der Waals surface area contributed by atoms with E-state index < -0.39 is 16.1 Å². The predicted molar refractivity (Wildman–Crippen MR) is 118 cm³/mol. The van der Waals surface area contributed by atoms with Gasteiger partial charge in [-0.1, -0.05) is 24.3 Å². The molecule has 0 aliphatic rings. The SMILES string of the molecule is COc1ccc(C(NS(=O)(=O)c2cc(Br)c(Br)s2)c2ccc(OC)cc2)cc1. The van der Waals surface area contributed by atoms with Gasteiger partial charge in [-0.15, -0.1) is 11.3 Å². The molecule has 0 spiro atoms. The van der Waals surface area contributed by atoms with Crippen LogP contribution in [0.4, 0.5) is 0 Å². The van der Waals surface area contributed by atoms with Crippen molar-refractivity contribution in [3.05, 3.63) is 74.0 Å². The molecule has 1 aromatic heterocycles. The summed E-state index contributed by atoms with van der Waals surface area (Å²) in [5, 5.41) is 0. The van der Waals surface area contributed by atoms with Crippen molar-refractivity contribution in [1.29, 1.82) is 0 Å². The quantitative estimate of drug-likeness (QED) is 0.433. The molecule has 5 nitrogen and oxygen atoms in total. The second kappa shape index (κ2) is 8.96. The molecule has 0 bridgehead atoms. The van der Waals surface area contributed by atoms with Gasteiger partial charge in [-0.3, -0.25) is 0 Å². The Morgan fingerprint density at radius 3 is 1.71 bits per heavy atom. The van der Waals surface area contributed by atoms with E-state index >= 15 is 0 Å². The number of hydrogen-bond donors (Lipinski definition) is 1. The van der Waals surface area contributed by atoms with Crippen LogP contribution in [0.2, 0.25) is 0 Å². The first-order chi connectivity index (χ1) is 13.3. The molecule has 0 fully saturated rings. The molecular formula is C19H17Br2NO4S2. The van der Waals surface area contributed by atoms with Gasteiger partial charge >= 0.3 is 0 Å². The lowest BCUT2D eigenvalue weighted by Crippen LogP contribution is -2.29. The van der Waals surface area contributed by atoms with Crippen LogP contribution in [0.3, 0.4) is 0 Å². The Balaban J connectivity index is 2.01. The molecule has 0 unspecified atom stereocenters. The molecule has 0 saturated carbocycles. The number of methoxy groups -OCH3 is 2. The standard InChI is InChI=1S/C19H17Br2NO4S2/c1-25-14-7-3-12(4-8-14)18(13-5-9-15(26-2)10-6-13)22-28(23,24)17-11-16(20)19(21)27-17/h3-11,18,22H,1-2H3. The van der Waals surface area contributed by atoms with Crippen molar-refractivity contribution in [2.24, 2.45) is 0 Å². The van der Waals surface area contributed by atoms with Crippen molar-refractivity contribution in [2.75, 3.05) is 14.2 Å². The molecule has 0 radical (unpaired) electrons. The summed E-state index contributed by atoms with van der Waals surface area (Å²) in [6.07, 6.45) is 0. The summed E-state index contributed by atoms with van der Waals surface area (Å²) in [6.45, 7) is 0. The molecule has 0 aliphatic carbocycles. The zero-order valence-electron chi connectivity index (χ0n) is 15.0. The normalized spacial score (nSPS) is 11.6. The Hall–Kier alpha value is -1.39. The number of benzene rings is 2. The van der Waals surface area contributed by atoms with Crippen LogP contribution in [-0.2, 0) is 10.0 Å². The first-order valence-corrected chi connectivity index (χ1v) is 12.0. The van der Waals surface area contributed by atoms with Crippen molar-refractivity contribution < 1.29 is 17.9 Å². The van der Waals surface area contributed by atoms with E-state index in [1.807, 2.05) is 24.3 Å².